The number of rotatable bonds is 7. The van der Waals surface area contributed by atoms with Crippen LogP contribution in [0.5, 0.6) is 5.75 Å². The van der Waals surface area contributed by atoms with Crippen LogP contribution >= 0.6 is 0 Å². The molecule has 0 spiro atoms. The van der Waals surface area contributed by atoms with Gasteiger partial charge in [0, 0.05) is 5.56 Å². The first kappa shape index (κ1) is 18.9. The first-order chi connectivity index (χ1) is 12.0. The molecular weight excluding hydrogens is 331 g/mol. The van der Waals surface area contributed by atoms with Crippen molar-refractivity contribution in [3.8, 4) is 5.75 Å². The van der Waals surface area contributed by atoms with Gasteiger partial charge in [0.05, 0.1) is 17.9 Å². The molecule has 0 bridgehead atoms. The van der Waals surface area contributed by atoms with Crippen molar-refractivity contribution in [2.24, 2.45) is 0 Å². The number of allylic oxidation sites excluding steroid dienone is 1. The van der Waals surface area contributed by atoms with E-state index in [0.717, 1.165) is 17.3 Å². The molecule has 0 aromatic heterocycles. The smallest absolute Gasteiger partial charge is 0.416 e. The molecule has 3 nitrogen and oxygen atoms in total. The molecular formula is C19H20F3NO2. The fourth-order valence-corrected chi connectivity index (χ4v) is 2.25. The average Bonchev–Trinajstić information content (AvgIpc) is 2.61. The molecule has 0 fully saturated rings. The van der Waals surface area contributed by atoms with Crippen LogP contribution in [-0.4, -0.2) is 6.61 Å². The van der Waals surface area contributed by atoms with Crippen molar-refractivity contribution in [3.63, 3.8) is 0 Å². The number of nitrogens with one attached hydrogen (secondary N) is 1. The van der Waals surface area contributed by atoms with Gasteiger partial charge in [0.25, 0.3) is 0 Å². The summed E-state index contributed by atoms with van der Waals surface area (Å²) in [6, 6.07) is 12.4. The van der Waals surface area contributed by atoms with Crippen LogP contribution in [0.25, 0.3) is 5.70 Å². The minimum Gasteiger partial charge on any atom is -0.489 e. The normalized spacial score (nSPS) is 12.1. The molecule has 0 amide bonds. The zero-order chi connectivity index (χ0) is 18.3. The molecule has 0 unspecified atom stereocenters. The first-order valence-corrected chi connectivity index (χ1v) is 7.88. The minimum absolute atomic E-state index is 0.103. The van der Waals surface area contributed by atoms with Crippen LogP contribution in [0, 0.1) is 0 Å². The van der Waals surface area contributed by atoms with Crippen molar-refractivity contribution in [1.82, 2.24) is 5.48 Å². The van der Waals surface area contributed by atoms with Crippen LogP contribution in [0.3, 0.4) is 0 Å². The van der Waals surface area contributed by atoms with E-state index in [2.05, 4.69) is 5.48 Å². The van der Waals surface area contributed by atoms with Gasteiger partial charge in [0.15, 0.2) is 0 Å². The Morgan fingerprint density at radius 1 is 1.08 bits per heavy atom. The predicted octanol–water partition coefficient (Wildman–Crippen LogP) is 5.19. The van der Waals surface area contributed by atoms with Gasteiger partial charge in [-0.05, 0) is 49.7 Å². The number of ether oxygens (including phenoxy) is 1. The van der Waals surface area contributed by atoms with E-state index >= 15 is 0 Å². The lowest BCUT2D eigenvalue weighted by molar-refractivity contribution is -0.138. The average molecular weight is 351 g/mol. The van der Waals surface area contributed by atoms with Crippen molar-refractivity contribution in [3.05, 3.63) is 71.3 Å². The SMILES string of the molecule is CC=C(NOCC)c1ccc(OCc2ccccc2C(F)(F)F)cc1. The molecule has 2 aromatic carbocycles. The Morgan fingerprint density at radius 2 is 1.76 bits per heavy atom. The Hall–Kier alpha value is -2.47. The molecule has 134 valence electrons. The Bertz CT molecular complexity index is 709. The lowest BCUT2D eigenvalue weighted by Crippen LogP contribution is -2.12. The Kier molecular flexibility index (Phi) is 6.47. The second kappa shape index (κ2) is 8.58. The third-order valence-corrected chi connectivity index (χ3v) is 3.50. The lowest BCUT2D eigenvalue weighted by atomic mass is 10.1. The number of halogens is 3. The van der Waals surface area contributed by atoms with E-state index in [1.807, 2.05) is 32.1 Å². The molecule has 0 saturated carbocycles. The topological polar surface area (TPSA) is 30.5 Å². The van der Waals surface area contributed by atoms with E-state index in [4.69, 9.17) is 9.57 Å². The van der Waals surface area contributed by atoms with Crippen molar-refractivity contribution < 1.29 is 22.7 Å². The molecule has 2 rings (SSSR count). The Morgan fingerprint density at radius 3 is 2.36 bits per heavy atom. The highest BCUT2D eigenvalue weighted by Crippen LogP contribution is 2.32. The number of benzene rings is 2. The van der Waals surface area contributed by atoms with Gasteiger partial charge in [0.1, 0.15) is 12.4 Å². The maximum absolute atomic E-state index is 13.0. The largest absolute Gasteiger partial charge is 0.489 e. The van der Waals surface area contributed by atoms with Gasteiger partial charge in [-0.2, -0.15) is 13.2 Å². The summed E-state index contributed by atoms with van der Waals surface area (Å²) in [6.45, 7) is 4.12. The Labute approximate surface area is 145 Å². The van der Waals surface area contributed by atoms with Crippen LogP contribution in [0.1, 0.15) is 30.5 Å². The van der Waals surface area contributed by atoms with Crippen molar-refractivity contribution in [2.75, 3.05) is 6.61 Å². The van der Waals surface area contributed by atoms with E-state index in [-0.39, 0.29) is 12.2 Å². The molecule has 0 heterocycles. The number of hydrogen-bond donors (Lipinski definition) is 1. The summed E-state index contributed by atoms with van der Waals surface area (Å²) < 4.78 is 44.4. The van der Waals surface area contributed by atoms with Gasteiger partial charge in [-0.15, -0.1) is 0 Å². The van der Waals surface area contributed by atoms with E-state index in [1.165, 1.54) is 12.1 Å². The molecule has 1 N–H and O–H groups in total. The fraction of sp³-hybridized carbons (Fsp3) is 0.263. The van der Waals surface area contributed by atoms with Crippen LogP contribution in [0.4, 0.5) is 13.2 Å². The molecule has 0 saturated heterocycles. The van der Waals surface area contributed by atoms with Crippen molar-refractivity contribution in [2.45, 2.75) is 26.6 Å². The zero-order valence-electron chi connectivity index (χ0n) is 14.1. The van der Waals surface area contributed by atoms with Gasteiger partial charge >= 0.3 is 6.18 Å². The van der Waals surface area contributed by atoms with Gasteiger partial charge in [-0.3, -0.25) is 10.3 Å². The molecule has 0 atom stereocenters. The summed E-state index contributed by atoms with van der Waals surface area (Å²) >= 11 is 0. The van der Waals surface area contributed by atoms with E-state index in [1.54, 1.807) is 18.2 Å². The summed E-state index contributed by atoms with van der Waals surface area (Å²) in [7, 11) is 0. The molecule has 2 aromatic rings. The second-order valence-electron chi connectivity index (χ2n) is 5.21. The second-order valence-corrected chi connectivity index (χ2v) is 5.21. The highest BCUT2D eigenvalue weighted by Gasteiger charge is 2.32. The minimum atomic E-state index is -4.39. The van der Waals surface area contributed by atoms with Crippen LogP contribution in [0.15, 0.2) is 54.6 Å². The van der Waals surface area contributed by atoms with Crippen LogP contribution in [0.2, 0.25) is 0 Å². The van der Waals surface area contributed by atoms with E-state index in [9.17, 15) is 13.2 Å². The molecule has 0 aliphatic carbocycles. The maximum atomic E-state index is 13.0. The fourth-order valence-electron chi connectivity index (χ4n) is 2.25. The maximum Gasteiger partial charge on any atom is 0.416 e. The standard InChI is InChI=1S/C19H20F3NO2/c1-3-18(23-25-4-2)14-9-11-16(12-10-14)24-13-15-7-5-6-8-17(15)19(20,21)22/h3,5-12,23H,4,13H2,1-2H3. The highest BCUT2D eigenvalue weighted by molar-refractivity contribution is 5.63. The third kappa shape index (κ3) is 5.26. The lowest BCUT2D eigenvalue weighted by Gasteiger charge is -2.14. The number of hydrogen-bond acceptors (Lipinski definition) is 3. The van der Waals surface area contributed by atoms with Crippen molar-refractivity contribution >= 4 is 5.70 Å². The molecule has 0 aliphatic rings. The van der Waals surface area contributed by atoms with Crippen LogP contribution in [-0.2, 0) is 17.6 Å². The van der Waals surface area contributed by atoms with E-state index < -0.39 is 11.7 Å². The summed E-state index contributed by atoms with van der Waals surface area (Å²) in [6.07, 6.45) is -2.53. The summed E-state index contributed by atoms with van der Waals surface area (Å²) in [5.74, 6) is 0.493. The Balaban J connectivity index is 2.06. The zero-order valence-corrected chi connectivity index (χ0v) is 14.1. The summed E-state index contributed by atoms with van der Waals surface area (Å²) in [5, 5.41) is 0. The number of alkyl halides is 3. The molecule has 0 aliphatic heterocycles. The van der Waals surface area contributed by atoms with Gasteiger partial charge in [0.2, 0.25) is 0 Å². The third-order valence-electron chi connectivity index (χ3n) is 3.50. The van der Waals surface area contributed by atoms with Crippen LogP contribution < -0.4 is 10.2 Å². The molecule has 25 heavy (non-hydrogen) atoms. The predicted molar refractivity (Wildman–Crippen MR) is 90.6 cm³/mol. The highest BCUT2D eigenvalue weighted by atomic mass is 19.4. The van der Waals surface area contributed by atoms with E-state index in [0.29, 0.717) is 12.4 Å². The monoisotopic (exact) mass is 351 g/mol. The quantitative estimate of drug-likeness (QED) is 0.697. The molecule has 0 radical (unpaired) electrons. The molecule has 6 heteroatoms. The first-order valence-electron chi connectivity index (χ1n) is 7.88. The van der Waals surface area contributed by atoms with Crippen molar-refractivity contribution in [1.29, 1.82) is 0 Å². The number of hydroxylamine groups is 1. The van der Waals surface area contributed by atoms with Gasteiger partial charge < -0.3 is 4.74 Å². The van der Waals surface area contributed by atoms with Gasteiger partial charge in [-0.1, -0.05) is 24.3 Å². The summed E-state index contributed by atoms with van der Waals surface area (Å²) in [4.78, 5) is 5.17. The van der Waals surface area contributed by atoms with Gasteiger partial charge in [-0.25, -0.2) is 0 Å². The summed E-state index contributed by atoms with van der Waals surface area (Å²) in [5.41, 5.74) is 3.95.